The first-order valence-electron chi connectivity index (χ1n) is 5.07. The molecule has 0 aliphatic rings. The van der Waals surface area contributed by atoms with E-state index in [0.717, 1.165) is 6.07 Å². The largest absolute Gasteiger partial charge is 0.398 e. The van der Waals surface area contributed by atoms with Crippen molar-refractivity contribution >= 4 is 21.6 Å². The zero-order valence-electron chi connectivity index (χ0n) is 9.90. The maximum absolute atomic E-state index is 13.5. The van der Waals surface area contributed by atoms with Crippen molar-refractivity contribution in [1.29, 1.82) is 0 Å². The Labute approximate surface area is 104 Å². The lowest BCUT2D eigenvalue weighted by molar-refractivity contribution is -0.121. The highest BCUT2D eigenvalue weighted by Crippen LogP contribution is 2.21. The molecule has 8 heteroatoms. The number of rotatable bonds is 4. The minimum absolute atomic E-state index is 0.216. The van der Waals surface area contributed by atoms with E-state index in [0.29, 0.717) is 0 Å². The van der Waals surface area contributed by atoms with E-state index in [1.165, 1.54) is 26.1 Å². The number of carbonyl (C=O) groups excluding carboxylic acids is 1. The molecule has 0 bridgehead atoms. The van der Waals surface area contributed by atoms with Gasteiger partial charge in [-0.15, -0.1) is 0 Å². The Morgan fingerprint density at radius 3 is 2.56 bits per heavy atom. The number of halogens is 1. The number of amides is 1. The summed E-state index contributed by atoms with van der Waals surface area (Å²) in [5.41, 5.74) is 5.22. The van der Waals surface area contributed by atoms with Crippen molar-refractivity contribution in [1.82, 2.24) is 10.0 Å². The highest BCUT2D eigenvalue weighted by atomic mass is 32.2. The third-order valence-corrected chi connectivity index (χ3v) is 3.87. The molecule has 0 aromatic heterocycles. The van der Waals surface area contributed by atoms with Crippen molar-refractivity contribution in [3.63, 3.8) is 0 Å². The molecule has 6 nitrogen and oxygen atoms in total. The predicted molar refractivity (Wildman–Crippen MR) is 64.7 cm³/mol. The SMILES string of the molecule is CNC(=O)C(C)NS(=O)(=O)c1c(N)cccc1F. The van der Waals surface area contributed by atoms with E-state index in [9.17, 15) is 17.6 Å². The summed E-state index contributed by atoms with van der Waals surface area (Å²) >= 11 is 0. The van der Waals surface area contributed by atoms with Crippen molar-refractivity contribution in [2.75, 3.05) is 12.8 Å². The number of nitrogens with one attached hydrogen (secondary N) is 2. The standard InChI is InChI=1S/C10H14FN3O3S/c1-6(10(15)13-2)14-18(16,17)9-7(11)4-3-5-8(9)12/h3-6,14H,12H2,1-2H3,(H,13,15). The summed E-state index contributed by atoms with van der Waals surface area (Å²) in [6.45, 7) is 1.34. The van der Waals surface area contributed by atoms with Crippen LogP contribution in [0.3, 0.4) is 0 Å². The lowest BCUT2D eigenvalue weighted by atomic mass is 10.3. The third-order valence-electron chi connectivity index (χ3n) is 2.24. The molecule has 0 fully saturated rings. The van der Waals surface area contributed by atoms with Crippen LogP contribution < -0.4 is 15.8 Å². The lowest BCUT2D eigenvalue weighted by Gasteiger charge is -2.14. The second-order valence-corrected chi connectivity index (χ2v) is 5.27. The Hall–Kier alpha value is -1.67. The number of nitrogens with two attached hydrogens (primary N) is 1. The van der Waals surface area contributed by atoms with E-state index in [2.05, 4.69) is 5.32 Å². The second kappa shape index (κ2) is 5.32. The molecule has 0 radical (unpaired) electrons. The molecular weight excluding hydrogens is 261 g/mol. The van der Waals surface area contributed by atoms with E-state index >= 15 is 0 Å². The normalized spacial score (nSPS) is 13.1. The molecule has 1 rings (SSSR count). The molecule has 0 aliphatic heterocycles. The first-order valence-corrected chi connectivity index (χ1v) is 6.56. The first-order chi connectivity index (χ1) is 8.29. The number of likely N-dealkylation sites (N-methyl/N-ethyl adjacent to an activating group) is 1. The zero-order chi connectivity index (χ0) is 13.9. The van der Waals surface area contributed by atoms with E-state index in [4.69, 9.17) is 5.73 Å². The molecule has 0 aliphatic carbocycles. The Kier molecular flexibility index (Phi) is 4.25. The second-order valence-electron chi connectivity index (χ2n) is 3.62. The third kappa shape index (κ3) is 2.96. The number of nitrogen functional groups attached to an aromatic ring is 1. The van der Waals surface area contributed by atoms with Crippen molar-refractivity contribution < 1.29 is 17.6 Å². The molecule has 1 unspecified atom stereocenters. The van der Waals surface area contributed by atoms with Gasteiger partial charge in [-0.05, 0) is 19.1 Å². The number of sulfonamides is 1. The molecule has 1 aromatic rings. The fourth-order valence-electron chi connectivity index (χ4n) is 1.37. The van der Waals surface area contributed by atoms with Gasteiger partial charge in [-0.1, -0.05) is 6.07 Å². The predicted octanol–water partition coefficient (Wildman–Crippen LogP) is -0.179. The summed E-state index contributed by atoms with van der Waals surface area (Å²) in [7, 11) is -2.82. The van der Waals surface area contributed by atoms with Crippen molar-refractivity contribution in [2.45, 2.75) is 17.9 Å². The van der Waals surface area contributed by atoms with Gasteiger partial charge < -0.3 is 11.1 Å². The van der Waals surface area contributed by atoms with Crippen LogP contribution in [-0.4, -0.2) is 27.4 Å². The van der Waals surface area contributed by atoms with Crippen LogP contribution in [-0.2, 0) is 14.8 Å². The molecule has 4 N–H and O–H groups in total. The molecule has 18 heavy (non-hydrogen) atoms. The van der Waals surface area contributed by atoms with Crippen LogP contribution >= 0.6 is 0 Å². The topological polar surface area (TPSA) is 101 Å². The smallest absolute Gasteiger partial charge is 0.246 e. The fraction of sp³-hybridized carbons (Fsp3) is 0.300. The monoisotopic (exact) mass is 275 g/mol. The summed E-state index contributed by atoms with van der Waals surface area (Å²) in [6, 6.07) is 2.52. The average molecular weight is 275 g/mol. The van der Waals surface area contributed by atoms with Gasteiger partial charge in [0.05, 0.1) is 11.7 Å². The highest BCUT2D eigenvalue weighted by molar-refractivity contribution is 7.89. The minimum atomic E-state index is -4.19. The van der Waals surface area contributed by atoms with Gasteiger partial charge in [0.2, 0.25) is 15.9 Å². The summed E-state index contributed by atoms with van der Waals surface area (Å²) < 4.78 is 39.3. The lowest BCUT2D eigenvalue weighted by Crippen LogP contribution is -2.43. The maximum atomic E-state index is 13.5. The number of benzene rings is 1. The van der Waals surface area contributed by atoms with Crippen LogP contribution in [0.1, 0.15) is 6.92 Å². The van der Waals surface area contributed by atoms with Gasteiger partial charge in [-0.2, -0.15) is 4.72 Å². The average Bonchev–Trinajstić information content (AvgIpc) is 2.26. The van der Waals surface area contributed by atoms with Crippen LogP contribution in [0.25, 0.3) is 0 Å². The molecule has 0 saturated heterocycles. The molecule has 0 spiro atoms. The van der Waals surface area contributed by atoms with E-state index in [1.54, 1.807) is 0 Å². The summed E-state index contributed by atoms with van der Waals surface area (Å²) in [5, 5.41) is 2.28. The van der Waals surface area contributed by atoms with Crippen molar-refractivity contribution in [3.05, 3.63) is 24.0 Å². The highest BCUT2D eigenvalue weighted by Gasteiger charge is 2.26. The number of carbonyl (C=O) groups is 1. The van der Waals surface area contributed by atoms with Gasteiger partial charge in [0, 0.05) is 7.05 Å². The molecule has 1 aromatic carbocycles. The Morgan fingerprint density at radius 1 is 1.44 bits per heavy atom. The molecule has 0 saturated carbocycles. The minimum Gasteiger partial charge on any atom is -0.398 e. The van der Waals surface area contributed by atoms with Gasteiger partial charge in [0.1, 0.15) is 10.7 Å². The Bertz CT molecular complexity index is 539. The fourth-order valence-corrected chi connectivity index (χ4v) is 2.76. The molecule has 1 amide bonds. The Morgan fingerprint density at radius 2 is 2.06 bits per heavy atom. The van der Waals surface area contributed by atoms with Crippen molar-refractivity contribution in [2.24, 2.45) is 0 Å². The number of anilines is 1. The van der Waals surface area contributed by atoms with E-state index < -0.39 is 32.7 Å². The molecule has 0 heterocycles. The van der Waals surface area contributed by atoms with E-state index in [-0.39, 0.29) is 5.69 Å². The number of hydrogen-bond acceptors (Lipinski definition) is 4. The summed E-state index contributed by atoms with van der Waals surface area (Å²) in [5.74, 6) is -1.50. The van der Waals surface area contributed by atoms with Crippen LogP contribution in [0.5, 0.6) is 0 Å². The van der Waals surface area contributed by atoms with Crippen molar-refractivity contribution in [3.8, 4) is 0 Å². The molecular formula is C10H14FN3O3S. The summed E-state index contributed by atoms with van der Waals surface area (Å²) in [4.78, 5) is 10.6. The van der Waals surface area contributed by atoms with Gasteiger partial charge in [-0.25, -0.2) is 12.8 Å². The number of hydrogen-bond donors (Lipinski definition) is 3. The van der Waals surface area contributed by atoms with Crippen LogP contribution in [0.15, 0.2) is 23.1 Å². The molecule has 1 atom stereocenters. The van der Waals surface area contributed by atoms with Gasteiger partial charge in [0.15, 0.2) is 0 Å². The zero-order valence-corrected chi connectivity index (χ0v) is 10.7. The van der Waals surface area contributed by atoms with Gasteiger partial charge in [-0.3, -0.25) is 4.79 Å². The Balaban J connectivity index is 3.12. The first kappa shape index (κ1) is 14.4. The maximum Gasteiger partial charge on any atom is 0.246 e. The molecule has 100 valence electrons. The summed E-state index contributed by atoms with van der Waals surface area (Å²) in [6.07, 6.45) is 0. The quantitative estimate of drug-likeness (QED) is 0.663. The van der Waals surface area contributed by atoms with Crippen LogP contribution in [0, 0.1) is 5.82 Å². The van der Waals surface area contributed by atoms with Crippen LogP contribution in [0.2, 0.25) is 0 Å². The van der Waals surface area contributed by atoms with Gasteiger partial charge >= 0.3 is 0 Å². The van der Waals surface area contributed by atoms with Crippen LogP contribution in [0.4, 0.5) is 10.1 Å². The van der Waals surface area contributed by atoms with E-state index in [1.807, 2.05) is 4.72 Å². The van der Waals surface area contributed by atoms with Gasteiger partial charge in [0.25, 0.3) is 0 Å².